The first-order chi connectivity index (χ1) is 57.1. The van der Waals surface area contributed by atoms with E-state index in [9.17, 15) is 21.9 Å². The van der Waals surface area contributed by atoms with Crippen LogP contribution in [-0.2, 0) is 5.41 Å². The highest BCUT2D eigenvalue weighted by atomic mass is 16.3. The van der Waals surface area contributed by atoms with Crippen LogP contribution in [0.25, 0.3) is 121 Å². The average Bonchev–Trinajstić information content (AvgIpc) is 1.17. The van der Waals surface area contributed by atoms with Crippen molar-refractivity contribution >= 4 is 123 Å². The van der Waals surface area contributed by atoms with Gasteiger partial charge in [0.2, 0.25) is 0 Å². The van der Waals surface area contributed by atoms with E-state index >= 15 is 0 Å². The predicted octanol–water partition coefficient (Wildman–Crippen LogP) is 21.8. The summed E-state index contributed by atoms with van der Waals surface area (Å²) in [4.78, 5) is 3.84. The number of anilines is 6. The van der Waals surface area contributed by atoms with E-state index < -0.39 is 169 Å². The quantitative estimate of drug-likeness (QED) is 0.142. The number of fused-ring (bicyclic) bond motifs is 13. The van der Waals surface area contributed by atoms with E-state index in [-0.39, 0.29) is 105 Å². The summed E-state index contributed by atoms with van der Waals surface area (Å²) in [6.07, 6.45) is 0. The number of aromatic nitrogens is 2. The molecular weight excluding hydrogens is 1140 g/mol. The monoisotopic (exact) mass is 1230 g/mol. The van der Waals surface area contributed by atoms with Crippen molar-refractivity contribution in [1.82, 2.24) is 9.13 Å². The van der Waals surface area contributed by atoms with Crippen LogP contribution < -0.4 is 26.2 Å². The molecule has 17 aromatic rings. The van der Waals surface area contributed by atoms with Crippen LogP contribution in [0.4, 0.5) is 34.1 Å². The van der Waals surface area contributed by atoms with Gasteiger partial charge in [-0.1, -0.05) is 257 Å². The summed E-state index contributed by atoms with van der Waals surface area (Å²) in [7, 11) is 0. The van der Waals surface area contributed by atoms with E-state index in [1.54, 1.807) is 78.9 Å². The van der Waals surface area contributed by atoms with Gasteiger partial charge >= 0.3 is 0 Å². The molecule has 0 radical (unpaired) electrons. The van der Waals surface area contributed by atoms with Crippen LogP contribution in [0, 0.1) is 0 Å². The molecule has 0 aliphatic carbocycles. The molecule has 0 atom stereocenters. The van der Waals surface area contributed by atoms with E-state index in [4.69, 9.17) is 18.1 Å². The summed E-state index contributed by atoms with van der Waals surface area (Å²) in [5.74, 6) is 0. The Morgan fingerprint density at radius 2 is 0.777 bits per heavy atom. The first kappa shape index (κ1) is 34.0. The topological polar surface area (TPSA) is 29.5 Å². The summed E-state index contributed by atoms with van der Waals surface area (Å²) in [6, 6.07) is 31.5. The van der Waals surface area contributed by atoms with Crippen LogP contribution in [0.15, 0.2) is 319 Å². The van der Waals surface area contributed by atoms with E-state index in [1.807, 2.05) is 76.5 Å². The second kappa shape index (κ2) is 20.8. The van der Waals surface area contributed by atoms with E-state index in [2.05, 4.69) is 32.9 Å². The molecule has 0 saturated heterocycles. The summed E-state index contributed by atoms with van der Waals surface area (Å²) in [6.45, 7) is 5.22. The second-order valence-electron chi connectivity index (χ2n) is 24.4. The van der Waals surface area contributed by atoms with E-state index in [0.717, 1.165) is 5.56 Å². The smallest absolute Gasteiger partial charge is 0.252 e. The fourth-order valence-corrected chi connectivity index (χ4v) is 14.2. The van der Waals surface area contributed by atoms with Crippen LogP contribution in [0.1, 0.15) is 62.0 Å². The maximum atomic E-state index is 9.96. The fraction of sp³-hybridized carbons (Fsp3) is 0.0455. The zero-order valence-corrected chi connectivity index (χ0v) is 50.3. The van der Waals surface area contributed by atoms with Crippen molar-refractivity contribution < 1.29 is 40.1 Å². The summed E-state index contributed by atoms with van der Waals surface area (Å²) < 4.78 is 252. The average molecular weight is 1230 g/mol. The molecule has 0 N–H and O–H groups in total. The number of hydrogen-bond donors (Lipinski definition) is 0. The van der Waals surface area contributed by atoms with Crippen molar-refractivity contribution in [3.05, 3.63) is 320 Å². The van der Waals surface area contributed by atoms with Crippen LogP contribution in [0.2, 0.25) is 0 Å². The molecule has 0 unspecified atom stereocenters. The van der Waals surface area contributed by atoms with Crippen molar-refractivity contribution in [2.45, 2.75) is 26.2 Å². The molecule has 0 bridgehead atoms. The van der Waals surface area contributed by atoms with Gasteiger partial charge in [0.05, 0.1) is 74.8 Å². The third kappa shape index (κ3) is 8.15. The molecule has 0 fully saturated rings. The van der Waals surface area contributed by atoms with Gasteiger partial charge in [-0.3, -0.25) is 0 Å². The molecule has 5 nitrogen and oxygen atoms in total. The molecule has 6 heteroatoms. The van der Waals surface area contributed by atoms with Gasteiger partial charge in [-0.15, -0.1) is 0 Å². The van der Waals surface area contributed by atoms with Crippen molar-refractivity contribution in [3.63, 3.8) is 0 Å². The molecule has 3 aromatic heterocycles. The summed E-state index contributed by atoms with van der Waals surface area (Å²) in [5.41, 5.74) is 5.76. The normalized spacial score (nSPS) is 16.6. The van der Waals surface area contributed by atoms with Gasteiger partial charge in [-0.05, 0) is 140 Å². The molecular formula is C88H61BN4O. The van der Waals surface area contributed by atoms with Crippen molar-refractivity contribution in [1.29, 1.82) is 0 Å². The third-order valence-corrected chi connectivity index (χ3v) is 18.3. The standard InChI is InChI=1S/C88H61BN4O/c1-88(2,3)62-53-70(58-30-12-6-13-31-58)85(71(54-62)59-32-14-7-15-33-59)93-81-55-63(90-74-40-20-16-34-64(74)65-35-17-21-41-75(65)90)47-49-73(81)89-72-48-46-60(56-26-8-4-9-27-56)50-80(72)92(82-51-61(52-83(93)84(82)89)57-28-10-5-11-29-57)79-45-25-39-69-68-38-24-44-78(86(68)94-87(69)79)91-76-42-22-18-36-66(76)67-37-19-23-43-77(67)91/h4-55H,1-3H3/i4D,5D,8D,9D,10D,11D,16D,17D,18D,19D,20D,21D,22D,23D,26D,27D,28D,29D,34D,35D,36D,37D,40D,41D,42D,43D. The lowest BCUT2D eigenvalue weighted by Gasteiger charge is -2.45. The third-order valence-electron chi connectivity index (χ3n) is 18.3. The van der Waals surface area contributed by atoms with Gasteiger partial charge in [0.15, 0.2) is 11.2 Å². The minimum absolute atomic E-state index is 0.0436. The first-order valence-electron chi connectivity index (χ1n) is 43.6. The maximum Gasteiger partial charge on any atom is 0.252 e. The zero-order chi connectivity index (χ0) is 85.0. The number of rotatable bonds is 8. The highest BCUT2D eigenvalue weighted by Gasteiger charge is 2.46. The highest BCUT2D eigenvalue weighted by molar-refractivity contribution is 7.00. The number of nitrogens with zero attached hydrogens (tertiary/aromatic N) is 4. The summed E-state index contributed by atoms with van der Waals surface area (Å²) >= 11 is 0. The predicted molar refractivity (Wildman–Crippen MR) is 397 cm³/mol. The molecule has 14 aromatic carbocycles. The molecule has 2 aliphatic rings. The van der Waals surface area contributed by atoms with E-state index in [1.165, 1.54) is 9.13 Å². The molecule has 2 aliphatic heterocycles. The maximum absolute atomic E-state index is 9.96. The SMILES string of the molecule is [2H]c1c([2H])c([2H])c(-c2ccc3c(c2)N(c2cccc4c2oc2c(-n5c6c([2H])c([2H])c([2H])c([2H])c6c6c([2H])c([2H])c([2H])c([2H])c65)cccc24)c2cc(-c4c([2H])c([2H])c([2H])c([2H])c4[2H])cc4c2B3c2ccc(-n3c5c([2H])c([2H])c([2H])c([2H])c5c5c([2H])c([2H])c([2H])c([2H])c53)cc2N4c2c(-c3ccccc3)cc(C(C)(C)C)cc2-c2ccccc2)c([2H])c1[2H]. The van der Waals surface area contributed by atoms with Gasteiger partial charge in [-0.2, -0.15) is 0 Å². The van der Waals surface area contributed by atoms with Gasteiger partial charge in [0.25, 0.3) is 6.71 Å². The number of benzene rings is 14. The Morgan fingerprint density at radius 1 is 0.330 bits per heavy atom. The van der Waals surface area contributed by atoms with Gasteiger partial charge < -0.3 is 23.4 Å². The minimum Gasteiger partial charge on any atom is -0.452 e. The van der Waals surface area contributed by atoms with Crippen molar-refractivity contribution in [2.24, 2.45) is 0 Å². The van der Waals surface area contributed by atoms with Crippen molar-refractivity contribution in [3.8, 4) is 55.9 Å². The molecule has 442 valence electrons. The van der Waals surface area contributed by atoms with Gasteiger partial charge in [-0.25, -0.2) is 0 Å². The van der Waals surface area contributed by atoms with Gasteiger partial charge in [0, 0.05) is 71.9 Å². The Bertz CT molecular complexity index is 7290. The lowest BCUT2D eigenvalue weighted by molar-refractivity contribution is 0.591. The minimum atomic E-state index is -1.04. The van der Waals surface area contributed by atoms with E-state index in [0.29, 0.717) is 66.5 Å². The van der Waals surface area contributed by atoms with Crippen LogP contribution in [0.5, 0.6) is 0 Å². The van der Waals surface area contributed by atoms with Crippen LogP contribution in [0.3, 0.4) is 0 Å². The number of para-hydroxylation sites is 6. The largest absolute Gasteiger partial charge is 0.452 e. The molecule has 0 spiro atoms. The summed E-state index contributed by atoms with van der Waals surface area (Å²) in [5, 5.41) is 0.0700. The lowest BCUT2D eigenvalue weighted by atomic mass is 9.33. The lowest BCUT2D eigenvalue weighted by Crippen LogP contribution is -2.61. The molecule has 19 rings (SSSR count). The molecule has 5 heterocycles. The Labute approximate surface area is 582 Å². The number of furan rings is 1. The highest BCUT2D eigenvalue weighted by Crippen LogP contribution is 2.54. The molecule has 0 saturated carbocycles. The number of hydrogen-bond acceptors (Lipinski definition) is 3. The Hall–Kier alpha value is -11.9. The fourth-order valence-electron chi connectivity index (χ4n) is 14.2. The van der Waals surface area contributed by atoms with Crippen LogP contribution in [-0.4, -0.2) is 15.8 Å². The first-order valence-corrected chi connectivity index (χ1v) is 30.6. The molecule has 0 amide bonds. The Kier molecular flexibility index (Phi) is 7.54. The molecule has 94 heavy (non-hydrogen) atoms. The second-order valence-corrected chi connectivity index (χ2v) is 24.4. The van der Waals surface area contributed by atoms with Crippen LogP contribution >= 0.6 is 0 Å². The van der Waals surface area contributed by atoms with Gasteiger partial charge in [0.1, 0.15) is 0 Å². The van der Waals surface area contributed by atoms with Crippen molar-refractivity contribution in [2.75, 3.05) is 9.80 Å². The zero-order valence-electron chi connectivity index (χ0n) is 76.3. The Morgan fingerprint density at radius 3 is 1.32 bits per heavy atom. The Balaban J connectivity index is 1.02.